The molecule has 0 saturated heterocycles. The molecule has 0 saturated carbocycles. The van der Waals surface area contributed by atoms with Gasteiger partial charge in [0.1, 0.15) is 11.9 Å². The monoisotopic (exact) mass is 329 g/mol. The zero-order chi connectivity index (χ0) is 16.4. The lowest BCUT2D eigenvalue weighted by Gasteiger charge is -2.22. The Kier molecular flexibility index (Phi) is 4.24. The summed E-state index contributed by atoms with van der Waals surface area (Å²) in [6.07, 6.45) is 1.26. The number of benzene rings is 2. The van der Waals surface area contributed by atoms with Crippen LogP contribution in [0.2, 0.25) is 0 Å². The number of ether oxygens (including phenoxy) is 1. The third-order valence-corrected chi connectivity index (χ3v) is 5.73. The number of nitrogens with zero attached hydrogens (tertiary/aromatic N) is 1. The normalized spacial score (nSPS) is 18.6. The molecule has 4 nitrogen and oxygen atoms in total. The minimum absolute atomic E-state index is 0.244. The van der Waals surface area contributed by atoms with E-state index < -0.39 is 10.0 Å². The van der Waals surface area contributed by atoms with E-state index in [4.69, 9.17) is 4.74 Å². The number of sulfonamides is 1. The van der Waals surface area contributed by atoms with Crippen LogP contribution in [-0.2, 0) is 16.6 Å². The first-order valence-electron chi connectivity index (χ1n) is 7.44. The Hall–Kier alpha value is -2.11. The standard InChI is InChI=1S/C18H19NO3S/c1-3-16-13-19(12-15-6-4-5-7-18(15)22-16)23(20,21)17-10-8-14(2)9-11-17/h3-11,16H,1,12-13H2,2H3/t16-/m0/s1. The van der Waals surface area contributed by atoms with Gasteiger partial charge in [-0.3, -0.25) is 0 Å². The maximum absolute atomic E-state index is 13.0. The van der Waals surface area contributed by atoms with Gasteiger partial charge in [0.25, 0.3) is 0 Å². The van der Waals surface area contributed by atoms with E-state index in [1.807, 2.05) is 31.2 Å². The smallest absolute Gasteiger partial charge is 0.243 e. The molecule has 0 spiro atoms. The van der Waals surface area contributed by atoms with Gasteiger partial charge < -0.3 is 4.74 Å². The maximum Gasteiger partial charge on any atom is 0.243 e. The number of aryl methyl sites for hydroxylation is 1. The molecule has 120 valence electrons. The van der Waals surface area contributed by atoms with Crippen LogP contribution in [0.4, 0.5) is 0 Å². The van der Waals surface area contributed by atoms with Crippen molar-refractivity contribution in [1.29, 1.82) is 0 Å². The second kappa shape index (κ2) is 6.18. The van der Waals surface area contributed by atoms with Crippen molar-refractivity contribution in [3.63, 3.8) is 0 Å². The Morgan fingerprint density at radius 3 is 2.57 bits per heavy atom. The molecule has 1 aliphatic rings. The van der Waals surface area contributed by atoms with Gasteiger partial charge in [-0.25, -0.2) is 8.42 Å². The first-order chi connectivity index (χ1) is 11.0. The molecule has 2 aromatic rings. The van der Waals surface area contributed by atoms with Crippen LogP contribution in [0.5, 0.6) is 5.75 Å². The summed E-state index contributed by atoms with van der Waals surface area (Å²) in [4.78, 5) is 0.297. The van der Waals surface area contributed by atoms with E-state index in [9.17, 15) is 8.42 Å². The second-order valence-corrected chi connectivity index (χ2v) is 7.55. The minimum Gasteiger partial charge on any atom is -0.485 e. The van der Waals surface area contributed by atoms with Gasteiger partial charge in [0.05, 0.1) is 11.4 Å². The molecule has 0 aliphatic carbocycles. The Labute approximate surface area is 137 Å². The van der Waals surface area contributed by atoms with Gasteiger partial charge >= 0.3 is 0 Å². The van der Waals surface area contributed by atoms with Crippen molar-refractivity contribution >= 4 is 10.0 Å². The summed E-state index contributed by atoms with van der Waals surface area (Å²) in [5, 5.41) is 0. The van der Waals surface area contributed by atoms with Gasteiger partial charge in [0.2, 0.25) is 10.0 Å². The summed E-state index contributed by atoms with van der Waals surface area (Å²) in [6, 6.07) is 14.4. The van der Waals surface area contributed by atoms with Crippen LogP contribution in [0.1, 0.15) is 11.1 Å². The Morgan fingerprint density at radius 1 is 1.17 bits per heavy atom. The lowest BCUT2D eigenvalue weighted by atomic mass is 10.2. The van der Waals surface area contributed by atoms with Crippen LogP contribution in [0, 0.1) is 6.92 Å². The highest BCUT2D eigenvalue weighted by Gasteiger charge is 2.30. The Bertz CT molecular complexity index is 812. The summed E-state index contributed by atoms with van der Waals surface area (Å²) in [5.41, 5.74) is 1.88. The average molecular weight is 329 g/mol. The number of rotatable bonds is 3. The van der Waals surface area contributed by atoms with Gasteiger partial charge in [0.15, 0.2) is 0 Å². The third kappa shape index (κ3) is 3.16. The van der Waals surface area contributed by atoms with Gasteiger partial charge in [-0.15, -0.1) is 0 Å². The highest BCUT2D eigenvalue weighted by atomic mass is 32.2. The molecule has 1 atom stereocenters. The van der Waals surface area contributed by atoms with Crippen LogP contribution >= 0.6 is 0 Å². The van der Waals surface area contributed by atoms with Crippen molar-refractivity contribution in [2.45, 2.75) is 24.5 Å². The first-order valence-corrected chi connectivity index (χ1v) is 8.88. The zero-order valence-electron chi connectivity index (χ0n) is 13.0. The lowest BCUT2D eigenvalue weighted by Crippen LogP contribution is -2.36. The molecule has 1 heterocycles. The molecular formula is C18H19NO3S. The molecule has 0 amide bonds. The molecule has 1 aliphatic heterocycles. The molecule has 2 aromatic carbocycles. The van der Waals surface area contributed by atoms with Crippen molar-refractivity contribution in [1.82, 2.24) is 4.31 Å². The third-order valence-electron chi connectivity index (χ3n) is 3.90. The van der Waals surface area contributed by atoms with E-state index in [0.717, 1.165) is 11.1 Å². The van der Waals surface area contributed by atoms with E-state index in [1.165, 1.54) is 4.31 Å². The van der Waals surface area contributed by atoms with Gasteiger partial charge in [0, 0.05) is 12.1 Å². The van der Waals surface area contributed by atoms with Gasteiger partial charge in [-0.05, 0) is 25.1 Å². The molecule has 0 fully saturated rings. The fraction of sp³-hybridized carbons (Fsp3) is 0.222. The molecule has 0 unspecified atom stereocenters. The number of hydrogen-bond acceptors (Lipinski definition) is 3. The summed E-state index contributed by atoms with van der Waals surface area (Å²) in [7, 11) is -3.58. The van der Waals surface area contributed by atoms with Crippen molar-refractivity contribution in [3.05, 3.63) is 72.3 Å². The van der Waals surface area contributed by atoms with Crippen molar-refractivity contribution in [2.75, 3.05) is 6.54 Å². The average Bonchev–Trinajstić information content (AvgIpc) is 2.74. The molecule has 0 bridgehead atoms. The predicted molar refractivity (Wildman–Crippen MR) is 89.8 cm³/mol. The molecule has 5 heteroatoms. The molecule has 0 aromatic heterocycles. The highest BCUT2D eigenvalue weighted by molar-refractivity contribution is 7.89. The SMILES string of the molecule is C=C[C@H]1CN(S(=O)(=O)c2ccc(C)cc2)Cc2ccccc2O1. The summed E-state index contributed by atoms with van der Waals surface area (Å²) in [6.45, 7) is 6.22. The minimum atomic E-state index is -3.58. The van der Waals surface area contributed by atoms with Gasteiger partial charge in [-0.1, -0.05) is 48.6 Å². The van der Waals surface area contributed by atoms with Crippen molar-refractivity contribution in [2.24, 2.45) is 0 Å². The number of fused-ring (bicyclic) bond motifs is 1. The fourth-order valence-corrected chi connectivity index (χ4v) is 4.00. The molecule has 0 N–H and O–H groups in total. The number of para-hydroxylation sites is 1. The van der Waals surface area contributed by atoms with Crippen molar-refractivity contribution in [3.8, 4) is 5.75 Å². The van der Waals surface area contributed by atoms with E-state index in [0.29, 0.717) is 10.6 Å². The van der Waals surface area contributed by atoms with Gasteiger partial charge in [-0.2, -0.15) is 4.31 Å². The van der Waals surface area contributed by atoms with E-state index in [2.05, 4.69) is 6.58 Å². The molecular weight excluding hydrogens is 310 g/mol. The van der Waals surface area contributed by atoms with E-state index in [-0.39, 0.29) is 19.2 Å². The second-order valence-electron chi connectivity index (χ2n) is 5.61. The summed E-state index contributed by atoms with van der Waals surface area (Å²) in [5.74, 6) is 0.707. The first kappa shape index (κ1) is 15.8. The summed E-state index contributed by atoms with van der Waals surface area (Å²) >= 11 is 0. The van der Waals surface area contributed by atoms with Crippen molar-refractivity contribution < 1.29 is 13.2 Å². The van der Waals surface area contributed by atoms with Crippen LogP contribution < -0.4 is 4.74 Å². The topological polar surface area (TPSA) is 46.6 Å². The molecule has 0 radical (unpaired) electrons. The largest absolute Gasteiger partial charge is 0.485 e. The van der Waals surface area contributed by atoms with Crippen LogP contribution in [0.15, 0.2) is 66.1 Å². The van der Waals surface area contributed by atoms with Crippen LogP contribution in [0.25, 0.3) is 0 Å². The predicted octanol–water partition coefficient (Wildman–Crippen LogP) is 3.13. The van der Waals surface area contributed by atoms with Crippen LogP contribution in [0.3, 0.4) is 0 Å². The Morgan fingerprint density at radius 2 is 1.87 bits per heavy atom. The maximum atomic E-state index is 13.0. The quantitative estimate of drug-likeness (QED) is 0.813. The molecule has 23 heavy (non-hydrogen) atoms. The molecule has 3 rings (SSSR count). The summed E-state index contributed by atoms with van der Waals surface area (Å²) < 4.78 is 33.2. The van der Waals surface area contributed by atoms with Crippen LogP contribution in [-0.4, -0.2) is 25.4 Å². The van der Waals surface area contributed by atoms with E-state index in [1.54, 1.807) is 30.3 Å². The fourth-order valence-electron chi connectivity index (χ4n) is 2.57. The number of hydrogen-bond donors (Lipinski definition) is 0. The lowest BCUT2D eigenvalue weighted by molar-refractivity contribution is 0.227. The highest BCUT2D eigenvalue weighted by Crippen LogP contribution is 2.28. The zero-order valence-corrected chi connectivity index (χ0v) is 13.8. The Balaban J connectivity index is 2.01. The van der Waals surface area contributed by atoms with E-state index >= 15 is 0 Å².